The van der Waals surface area contributed by atoms with E-state index >= 15 is 0 Å². The third-order valence-corrected chi connectivity index (χ3v) is 4.18. The zero-order valence-corrected chi connectivity index (χ0v) is 15.2. The van der Waals surface area contributed by atoms with Gasteiger partial charge in [0, 0.05) is 11.8 Å². The van der Waals surface area contributed by atoms with E-state index in [0.29, 0.717) is 18.0 Å². The van der Waals surface area contributed by atoms with E-state index in [1.165, 1.54) is 23.8 Å². The number of nitro benzene ring substituents is 1. The van der Waals surface area contributed by atoms with E-state index in [-0.39, 0.29) is 11.3 Å². The van der Waals surface area contributed by atoms with E-state index in [9.17, 15) is 14.9 Å². The highest BCUT2D eigenvalue weighted by molar-refractivity contribution is 6.07. The molecule has 6 nitrogen and oxygen atoms in total. The van der Waals surface area contributed by atoms with Gasteiger partial charge in [-0.3, -0.25) is 14.9 Å². The van der Waals surface area contributed by atoms with E-state index in [2.05, 4.69) is 17.4 Å². The van der Waals surface area contributed by atoms with Crippen LogP contribution in [0.2, 0.25) is 0 Å². The Labute approximate surface area is 162 Å². The summed E-state index contributed by atoms with van der Waals surface area (Å²) in [5.74, 6) is 0.181. The number of hydrogen-bond acceptors (Lipinski definition) is 4. The number of benzene rings is 3. The van der Waals surface area contributed by atoms with Crippen LogP contribution in [-0.2, 0) is 6.42 Å². The molecule has 6 heteroatoms. The molecule has 3 aromatic rings. The van der Waals surface area contributed by atoms with Crippen LogP contribution in [0.25, 0.3) is 0 Å². The molecule has 0 unspecified atom stereocenters. The molecule has 0 saturated carbocycles. The molecular formula is C22H20N2O4. The molecule has 0 radical (unpaired) electrons. The average Bonchev–Trinajstić information content (AvgIpc) is 2.73. The molecule has 1 amide bonds. The Morgan fingerprint density at radius 1 is 0.929 bits per heavy atom. The van der Waals surface area contributed by atoms with Gasteiger partial charge in [-0.05, 0) is 48.7 Å². The number of rotatable bonds is 8. The van der Waals surface area contributed by atoms with Crippen molar-refractivity contribution in [3.63, 3.8) is 0 Å². The number of nitrogens with one attached hydrogen (secondary N) is 1. The fourth-order valence-electron chi connectivity index (χ4n) is 2.77. The minimum absolute atomic E-state index is 0.0220. The van der Waals surface area contributed by atoms with Crippen LogP contribution < -0.4 is 10.1 Å². The van der Waals surface area contributed by atoms with Crippen LogP contribution >= 0.6 is 0 Å². The number of carbonyl (C=O) groups is 1. The smallest absolute Gasteiger partial charge is 0.282 e. The second kappa shape index (κ2) is 9.32. The lowest BCUT2D eigenvalue weighted by atomic mass is 10.1. The van der Waals surface area contributed by atoms with Crippen molar-refractivity contribution in [2.24, 2.45) is 0 Å². The van der Waals surface area contributed by atoms with Gasteiger partial charge in [0.15, 0.2) is 0 Å². The van der Waals surface area contributed by atoms with Crippen LogP contribution in [0.1, 0.15) is 22.3 Å². The van der Waals surface area contributed by atoms with Crippen LogP contribution in [-0.4, -0.2) is 17.4 Å². The number of nitro groups is 1. The first-order chi connectivity index (χ1) is 13.6. The number of amides is 1. The summed E-state index contributed by atoms with van der Waals surface area (Å²) in [5, 5.41) is 13.7. The molecule has 0 aliphatic carbocycles. The molecule has 0 aromatic heterocycles. The molecule has 28 heavy (non-hydrogen) atoms. The van der Waals surface area contributed by atoms with E-state index < -0.39 is 10.8 Å². The van der Waals surface area contributed by atoms with Crippen molar-refractivity contribution >= 4 is 17.3 Å². The van der Waals surface area contributed by atoms with Gasteiger partial charge in [-0.15, -0.1) is 0 Å². The molecule has 3 rings (SSSR count). The fourth-order valence-corrected chi connectivity index (χ4v) is 2.77. The molecule has 0 heterocycles. The predicted molar refractivity (Wildman–Crippen MR) is 108 cm³/mol. The highest BCUT2D eigenvalue weighted by Gasteiger charge is 2.19. The summed E-state index contributed by atoms with van der Waals surface area (Å²) >= 11 is 0. The van der Waals surface area contributed by atoms with Gasteiger partial charge < -0.3 is 10.1 Å². The largest absolute Gasteiger partial charge is 0.494 e. The lowest BCUT2D eigenvalue weighted by molar-refractivity contribution is -0.385. The summed E-state index contributed by atoms with van der Waals surface area (Å²) in [7, 11) is 0. The molecule has 142 valence electrons. The lowest BCUT2D eigenvalue weighted by Gasteiger charge is -2.09. The second-order valence-electron chi connectivity index (χ2n) is 6.19. The standard InChI is InChI=1S/C22H20N2O4/c25-22(20-10-4-5-11-21(20)24(26)27)23-18-12-14-19(15-13-18)28-16-6-9-17-7-2-1-3-8-17/h1-5,7-8,10-15H,6,9,16H2,(H,23,25). The molecule has 0 aliphatic rings. The van der Waals surface area contributed by atoms with Crippen molar-refractivity contribution in [2.75, 3.05) is 11.9 Å². The Kier molecular flexibility index (Phi) is 6.36. The Balaban J connectivity index is 1.52. The monoisotopic (exact) mass is 376 g/mol. The molecule has 1 N–H and O–H groups in total. The first kappa shape index (κ1) is 19.1. The highest BCUT2D eigenvalue weighted by Crippen LogP contribution is 2.21. The van der Waals surface area contributed by atoms with Crippen molar-refractivity contribution in [1.29, 1.82) is 0 Å². The van der Waals surface area contributed by atoms with E-state index in [1.807, 2.05) is 18.2 Å². The summed E-state index contributed by atoms with van der Waals surface area (Å²) < 4.78 is 5.72. The van der Waals surface area contributed by atoms with Gasteiger partial charge in [-0.1, -0.05) is 42.5 Å². The Bertz CT molecular complexity index is 940. The maximum absolute atomic E-state index is 12.3. The molecule has 0 fully saturated rings. The predicted octanol–water partition coefficient (Wildman–Crippen LogP) is 4.86. The summed E-state index contributed by atoms with van der Waals surface area (Å²) in [6.07, 6.45) is 1.85. The van der Waals surface area contributed by atoms with Crippen molar-refractivity contribution in [1.82, 2.24) is 0 Å². The number of carbonyl (C=O) groups excluding carboxylic acids is 1. The lowest BCUT2D eigenvalue weighted by Crippen LogP contribution is -2.13. The summed E-state index contributed by atoms with van der Waals surface area (Å²) in [4.78, 5) is 22.8. The SMILES string of the molecule is O=C(Nc1ccc(OCCCc2ccccc2)cc1)c1ccccc1[N+](=O)[O-]. The summed E-state index contributed by atoms with van der Waals surface area (Å²) in [5.41, 5.74) is 1.62. The number of anilines is 1. The third-order valence-electron chi connectivity index (χ3n) is 4.18. The van der Waals surface area contributed by atoms with Gasteiger partial charge in [0.25, 0.3) is 11.6 Å². The van der Waals surface area contributed by atoms with Gasteiger partial charge in [0.1, 0.15) is 11.3 Å². The zero-order chi connectivity index (χ0) is 19.8. The van der Waals surface area contributed by atoms with E-state index in [0.717, 1.165) is 12.8 Å². The number of ether oxygens (including phenoxy) is 1. The first-order valence-electron chi connectivity index (χ1n) is 8.95. The van der Waals surface area contributed by atoms with Gasteiger partial charge in [0.2, 0.25) is 0 Å². The number of para-hydroxylation sites is 1. The molecule has 0 atom stereocenters. The molecule has 3 aromatic carbocycles. The zero-order valence-electron chi connectivity index (χ0n) is 15.2. The van der Waals surface area contributed by atoms with E-state index in [1.54, 1.807) is 30.3 Å². The van der Waals surface area contributed by atoms with Crippen LogP contribution in [0.3, 0.4) is 0 Å². The molecule has 0 aliphatic heterocycles. The van der Waals surface area contributed by atoms with Gasteiger partial charge >= 0.3 is 0 Å². The normalized spacial score (nSPS) is 10.3. The van der Waals surface area contributed by atoms with Crippen molar-refractivity contribution in [3.05, 3.63) is 100 Å². The minimum atomic E-state index is -0.568. The Morgan fingerprint density at radius 2 is 1.61 bits per heavy atom. The summed E-state index contributed by atoms with van der Waals surface area (Å²) in [6.45, 7) is 0.594. The molecule has 0 saturated heterocycles. The summed E-state index contributed by atoms with van der Waals surface area (Å²) in [6, 6.07) is 23.0. The third kappa shape index (κ3) is 5.17. The molecule has 0 spiro atoms. The van der Waals surface area contributed by atoms with Crippen LogP contribution in [0.5, 0.6) is 5.75 Å². The fraction of sp³-hybridized carbons (Fsp3) is 0.136. The van der Waals surface area contributed by atoms with E-state index in [4.69, 9.17) is 4.74 Å². The van der Waals surface area contributed by atoms with Gasteiger partial charge in [-0.25, -0.2) is 0 Å². The van der Waals surface area contributed by atoms with Crippen LogP contribution in [0.4, 0.5) is 11.4 Å². The van der Waals surface area contributed by atoms with Crippen molar-refractivity contribution < 1.29 is 14.5 Å². The maximum atomic E-state index is 12.3. The number of hydrogen-bond donors (Lipinski definition) is 1. The topological polar surface area (TPSA) is 81.5 Å². The van der Waals surface area contributed by atoms with Crippen molar-refractivity contribution in [3.8, 4) is 5.75 Å². The first-order valence-corrected chi connectivity index (χ1v) is 8.95. The number of aryl methyl sites for hydroxylation is 1. The van der Waals surface area contributed by atoms with Gasteiger partial charge in [0.05, 0.1) is 11.5 Å². The highest BCUT2D eigenvalue weighted by atomic mass is 16.6. The minimum Gasteiger partial charge on any atom is -0.494 e. The number of nitrogens with zero attached hydrogens (tertiary/aromatic N) is 1. The average molecular weight is 376 g/mol. The molecular weight excluding hydrogens is 356 g/mol. The van der Waals surface area contributed by atoms with Gasteiger partial charge in [-0.2, -0.15) is 0 Å². The second-order valence-corrected chi connectivity index (χ2v) is 6.19. The van der Waals surface area contributed by atoms with Crippen molar-refractivity contribution in [2.45, 2.75) is 12.8 Å². The molecule has 0 bridgehead atoms. The maximum Gasteiger partial charge on any atom is 0.282 e. The van der Waals surface area contributed by atoms with Crippen LogP contribution in [0.15, 0.2) is 78.9 Å². The Hall–Kier alpha value is -3.67. The van der Waals surface area contributed by atoms with Crippen LogP contribution in [0, 0.1) is 10.1 Å². The quantitative estimate of drug-likeness (QED) is 0.346. The Morgan fingerprint density at radius 3 is 2.32 bits per heavy atom.